The smallest absolute Gasteiger partial charge is 0.323 e. The number of carboxylic acid groups (broad SMARTS) is 1. The number of urea groups is 1. The lowest BCUT2D eigenvalue weighted by molar-refractivity contribution is -0.141. The largest absolute Gasteiger partial charge is 0.481 e. The number of nitrogens with zero attached hydrogens (tertiary/aromatic N) is 3. The molecule has 2 amide bonds. The second-order valence-electron chi connectivity index (χ2n) is 5.70. The number of benzene rings is 1. The number of anilines is 1. The first-order chi connectivity index (χ1) is 11.5. The number of likely N-dealkylation sites (tertiary alicyclic amines) is 1. The van der Waals surface area contributed by atoms with Crippen LogP contribution in [0.25, 0.3) is 0 Å². The maximum absolute atomic E-state index is 13.0. The number of rotatable bonds is 4. The summed E-state index contributed by atoms with van der Waals surface area (Å²) in [6, 6.07) is 7.35. The molecule has 1 saturated heterocycles. The lowest BCUT2D eigenvalue weighted by Crippen LogP contribution is -2.34. The van der Waals surface area contributed by atoms with Crippen LogP contribution in [0.2, 0.25) is 0 Å². The van der Waals surface area contributed by atoms with Crippen molar-refractivity contribution >= 4 is 17.8 Å². The molecule has 7 nitrogen and oxygen atoms in total. The number of carboxylic acids is 1. The van der Waals surface area contributed by atoms with E-state index in [1.165, 1.54) is 17.0 Å². The highest BCUT2D eigenvalue weighted by molar-refractivity contribution is 5.89. The summed E-state index contributed by atoms with van der Waals surface area (Å²) in [6.07, 6.45) is 2.01. The normalized spacial score (nSPS) is 17.0. The highest BCUT2D eigenvalue weighted by Gasteiger charge is 2.31. The molecule has 1 aliphatic heterocycles. The van der Waals surface area contributed by atoms with Gasteiger partial charge in [-0.05, 0) is 24.1 Å². The molecule has 1 unspecified atom stereocenters. The van der Waals surface area contributed by atoms with Crippen molar-refractivity contribution in [3.63, 3.8) is 0 Å². The molecule has 0 radical (unpaired) electrons. The van der Waals surface area contributed by atoms with E-state index in [1.54, 1.807) is 29.1 Å². The van der Waals surface area contributed by atoms with Gasteiger partial charge >= 0.3 is 12.0 Å². The van der Waals surface area contributed by atoms with Crippen LogP contribution in [-0.2, 0) is 11.3 Å². The molecule has 1 aromatic carbocycles. The molecule has 1 fully saturated rings. The van der Waals surface area contributed by atoms with E-state index in [-0.39, 0.29) is 18.4 Å². The third kappa shape index (κ3) is 3.53. The minimum atomic E-state index is -0.883. The van der Waals surface area contributed by atoms with E-state index in [9.17, 15) is 14.0 Å². The Morgan fingerprint density at radius 1 is 1.29 bits per heavy atom. The monoisotopic (exact) mass is 332 g/mol. The number of nitrogens with one attached hydrogen (secondary N) is 1. The Hall–Kier alpha value is -2.90. The maximum Gasteiger partial charge on any atom is 0.323 e. The Morgan fingerprint density at radius 2 is 2.04 bits per heavy atom. The number of hydrogen-bond donors (Lipinski definition) is 2. The van der Waals surface area contributed by atoms with E-state index in [4.69, 9.17) is 5.11 Å². The van der Waals surface area contributed by atoms with Crippen LogP contribution in [0.15, 0.2) is 36.5 Å². The highest BCUT2D eigenvalue weighted by atomic mass is 19.1. The minimum absolute atomic E-state index is 0.202. The number of hydrogen-bond acceptors (Lipinski definition) is 3. The molecule has 0 aliphatic carbocycles. The van der Waals surface area contributed by atoms with Crippen LogP contribution in [-0.4, -0.2) is 44.9 Å². The number of aromatic nitrogens is 2. The molecule has 2 aromatic rings. The standard InChI is InChI=1S/C16H17FN4O3/c17-13-3-1-11(2-4-13)9-21-14(5-7-18-21)19-16(24)20-8-6-12(10-20)15(22)23/h1-5,7,12H,6,8-10H2,(H,19,24)(H,22,23). The van der Waals surface area contributed by atoms with E-state index in [0.717, 1.165) is 5.56 Å². The Kier molecular flexibility index (Phi) is 4.45. The van der Waals surface area contributed by atoms with Gasteiger partial charge in [-0.3, -0.25) is 10.1 Å². The fourth-order valence-corrected chi connectivity index (χ4v) is 2.66. The van der Waals surface area contributed by atoms with Crippen molar-refractivity contribution in [1.82, 2.24) is 14.7 Å². The summed E-state index contributed by atoms with van der Waals surface area (Å²) in [5.74, 6) is -1.20. The van der Waals surface area contributed by atoms with Crippen LogP contribution >= 0.6 is 0 Å². The van der Waals surface area contributed by atoms with Gasteiger partial charge in [0.2, 0.25) is 0 Å². The summed E-state index contributed by atoms with van der Waals surface area (Å²) >= 11 is 0. The minimum Gasteiger partial charge on any atom is -0.481 e. The molecule has 0 bridgehead atoms. The molecule has 126 valence electrons. The zero-order valence-corrected chi connectivity index (χ0v) is 12.9. The van der Waals surface area contributed by atoms with E-state index in [1.807, 2.05) is 0 Å². The van der Waals surface area contributed by atoms with Gasteiger partial charge < -0.3 is 10.0 Å². The van der Waals surface area contributed by atoms with Crippen molar-refractivity contribution in [3.8, 4) is 0 Å². The predicted octanol–water partition coefficient (Wildman–Crippen LogP) is 2.01. The number of aliphatic carboxylic acids is 1. The van der Waals surface area contributed by atoms with Crippen molar-refractivity contribution in [2.24, 2.45) is 5.92 Å². The van der Waals surface area contributed by atoms with Gasteiger partial charge in [-0.25, -0.2) is 13.9 Å². The van der Waals surface area contributed by atoms with Crippen molar-refractivity contribution in [2.75, 3.05) is 18.4 Å². The molecular formula is C16H17FN4O3. The molecule has 3 rings (SSSR count). The summed E-state index contributed by atoms with van der Waals surface area (Å²) < 4.78 is 14.5. The molecule has 0 spiro atoms. The third-order valence-electron chi connectivity index (χ3n) is 4.02. The first-order valence-corrected chi connectivity index (χ1v) is 7.58. The summed E-state index contributed by atoms with van der Waals surface area (Å²) in [5, 5.41) is 15.9. The molecule has 2 N–H and O–H groups in total. The van der Waals surface area contributed by atoms with E-state index < -0.39 is 11.9 Å². The molecule has 0 saturated carbocycles. The molecule has 1 atom stereocenters. The van der Waals surface area contributed by atoms with E-state index >= 15 is 0 Å². The van der Waals surface area contributed by atoms with Crippen molar-refractivity contribution in [1.29, 1.82) is 0 Å². The average Bonchev–Trinajstić information content (AvgIpc) is 3.19. The topological polar surface area (TPSA) is 87.5 Å². The zero-order valence-electron chi connectivity index (χ0n) is 12.9. The highest BCUT2D eigenvalue weighted by Crippen LogP contribution is 2.18. The fraction of sp³-hybridized carbons (Fsp3) is 0.312. The van der Waals surface area contributed by atoms with Crippen molar-refractivity contribution in [2.45, 2.75) is 13.0 Å². The van der Waals surface area contributed by atoms with Crippen LogP contribution in [0.5, 0.6) is 0 Å². The summed E-state index contributed by atoms with van der Waals surface area (Å²) in [5.41, 5.74) is 0.850. The van der Waals surface area contributed by atoms with Crippen LogP contribution in [0, 0.1) is 11.7 Å². The zero-order chi connectivity index (χ0) is 17.1. The second kappa shape index (κ2) is 6.69. The van der Waals surface area contributed by atoms with Gasteiger partial charge in [-0.1, -0.05) is 12.1 Å². The van der Waals surface area contributed by atoms with Gasteiger partial charge in [0.15, 0.2) is 0 Å². The molecule has 8 heteroatoms. The van der Waals surface area contributed by atoms with Gasteiger partial charge in [-0.15, -0.1) is 0 Å². The number of carbonyl (C=O) groups is 2. The van der Waals surface area contributed by atoms with Crippen molar-refractivity contribution in [3.05, 3.63) is 47.9 Å². The van der Waals surface area contributed by atoms with E-state index in [0.29, 0.717) is 25.3 Å². The van der Waals surface area contributed by atoms with Crippen LogP contribution in [0.3, 0.4) is 0 Å². The van der Waals surface area contributed by atoms with Crippen LogP contribution in [0.4, 0.5) is 15.0 Å². The maximum atomic E-state index is 13.0. The lowest BCUT2D eigenvalue weighted by Gasteiger charge is -2.17. The molecule has 1 aromatic heterocycles. The average molecular weight is 332 g/mol. The number of halogens is 1. The van der Waals surface area contributed by atoms with Crippen LogP contribution in [0.1, 0.15) is 12.0 Å². The van der Waals surface area contributed by atoms with Gasteiger partial charge in [0.05, 0.1) is 18.7 Å². The van der Waals surface area contributed by atoms with Crippen LogP contribution < -0.4 is 5.32 Å². The van der Waals surface area contributed by atoms with E-state index in [2.05, 4.69) is 10.4 Å². The second-order valence-corrected chi connectivity index (χ2v) is 5.70. The SMILES string of the molecule is O=C(O)C1CCN(C(=O)Nc2ccnn2Cc2ccc(F)cc2)C1. The van der Waals surface area contributed by atoms with Crippen molar-refractivity contribution < 1.29 is 19.1 Å². The first kappa shape index (κ1) is 16.0. The Bertz CT molecular complexity index is 744. The quantitative estimate of drug-likeness (QED) is 0.896. The van der Waals surface area contributed by atoms with Gasteiger partial charge in [0, 0.05) is 19.2 Å². The molecular weight excluding hydrogens is 315 g/mol. The molecule has 1 aliphatic rings. The summed E-state index contributed by atoms with van der Waals surface area (Å²) in [4.78, 5) is 24.7. The number of carbonyl (C=O) groups excluding carboxylic acids is 1. The molecule has 24 heavy (non-hydrogen) atoms. The van der Waals surface area contributed by atoms with Gasteiger partial charge in [0.25, 0.3) is 0 Å². The Morgan fingerprint density at radius 3 is 2.71 bits per heavy atom. The Labute approximate surface area is 137 Å². The summed E-state index contributed by atoms with van der Waals surface area (Å²) in [7, 11) is 0. The number of amides is 2. The Balaban J connectivity index is 1.64. The first-order valence-electron chi connectivity index (χ1n) is 7.58. The summed E-state index contributed by atoms with van der Waals surface area (Å²) in [6.45, 7) is 1.00. The predicted molar refractivity (Wildman–Crippen MR) is 84.1 cm³/mol. The lowest BCUT2D eigenvalue weighted by atomic mass is 10.1. The van der Waals surface area contributed by atoms with Gasteiger partial charge in [0.1, 0.15) is 11.6 Å². The van der Waals surface area contributed by atoms with Gasteiger partial charge in [-0.2, -0.15) is 5.10 Å². The fourth-order valence-electron chi connectivity index (χ4n) is 2.66. The third-order valence-corrected chi connectivity index (χ3v) is 4.02. The molecule has 2 heterocycles.